The van der Waals surface area contributed by atoms with Crippen LogP contribution >= 0.6 is 11.6 Å². The summed E-state index contributed by atoms with van der Waals surface area (Å²) in [6.07, 6.45) is 8.00. The summed E-state index contributed by atoms with van der Waals surface area (Å²) in [4.78, 5) is 15.3. The molecule has 4 rings (SSSR count). The fourth-order valence-electron chi connectivity index (χ4n) is 4.32. The molecule has 132 valence electrons. The van der Waals surface area contributed by atoms with Crippen LogP contribution in [0.5, 0.6) is 5.75 Å². The highest BCUT2D eigenvalue weighted by Gasteiger charge is 2.44. The van der Waals surface area contributed by atoms with Gasteiger partial charge in [0.15, 0.2) is 0 Å². The van der Waals surface area contributed by atoms with E-state index in [-0.39, 0.29) is 18.0 Å². The fraction of sp³-hybridized carbons (Fsp3) is 0.474. The third-order valence-corrected chi connectivity index (χ3v) is 5.67. The lowest BCUT2D eigenvalue weighted by atomic mass is 9.96. The Morgan fingerprint density at radius 2 is 1.96 bits per heavy atom. The number of aryl methyl sites for hydroxylation is 1. The van der Waals surface area contributed by atoms with Crippen LogP contribution in [0.15, 0.2) is 30.6 Å². The molecule has 0 radical (unpaired) electrons. The van der Waals surface area contributed by atoms with Crippen LogP contribution in [0.25, 0.3) is 0 Å². The maximum Gasteiger partial charge on any atom is 0.258 e. The van der Waals surface area contributed by atoms with Crippen LogP contribution in [0.4, 0.5) is 0 Å². The molecule has 2 bridgehead atoms. The number of aromatic nitrogens is 2. The monoisotopic (exact) mass is 359 g/mol. The predicted octanol–water partition coefficient (Wildman–Crippen LogP) is 3.86. The van der Waals surface area contributed by atoms with Crippen molar-refractivity contribution in [1.29, 1.82) is 0 Å². The number of ether oxygens (including phenoxy) is 1. The zero-order valence-electron chi connectivity index (χ0n) is 14.5. The van der Waals surface area contributed by atoms with E-state index in [1.807, 2.05) is 6.20 Å². The standard InChI is InChI=1S/C19H22ClN3O2/c1-12-10-21-22(11-12)16-8-14-4-5-15(9-16)23(14)19(24)17-7-13(20)3-6-18(17)25-2/h3,6-7,10-11,14-16H,4-5,8-9H2,1-2H3. The van der Waals surface area contributed by atoms with Gasteiger partial charge in [-0.1, -0.05) is 11.6 Å². The van der Waals surface area contributed by atoms with E-state index >= 15 is 0 Å². The first-order chi connectivity index (χ1) is 12.1. The Morgan fingerprint density at radius 1 is 1.24 bits per heavy atom. The SMILES string of the molecule is COc1ccc(Cl)cc1C(=O)N1C2CCC1CC(n1cc(C)cn1)C2. The summed E-state index contributed by atoms with van der Waals surface area (Å²) in [5.41, 5.74) is 1.73. The number of fused-ring (bicyclic) bond motifs is 2. The minimum atomic E-state index is 0.0296. The van der Waals surface area contributed by atoms with Crippen molar-refractivity contribution in [3.8, 4) is 5.75 Å². The molecule has 0 aliphatic carbocycles. The van der Waals surface area contributed by atoms with Gasteiger partial charge in [0.2, 0.25) is 0 Å². The average Bonchev–Trinajstić information content (AvgIpc) is 3.15. The summed E-state index contributed by atoms with van der Waals surface area (Å²) in [5.74, 6) is 0.612. The highest BCUT2D eigenvalue weighted by Crippen LogP contribution is 2.42. The van der Waals surface area contributed by atoms with Gasteiger partial charge in [-0.25, -0.2) is 0 Å². The van der Waals surface area contributed by atoms with E-state index in [0.29, 0.717) is 22.4 Å². The largest absolute Gasteiger partial charge is 0.496 e. The molecule has 2 atom stereocenters. The molecular formula is C19H22ClN3O2. The molecule has 1 amide bonds. The molecule has 6 heteroatoms. The second kappa shape index (κ2) is 6.37. The first kappa shape index (κ1) is 16.5. The molecular weight excluding hydrogens is 338 g/mol. The Kier molecular flexibility index (Phi) is 4.20. The van der Waals surface area contributed by atoms with E-state index in [4.69, 9.17) is 16.3 Å². The van der Waals surface area contributed by atoms with Gasteiger partial charge in [0.25, 0.3) is 5.91 Å². The van der Waals surface area contributed by atoms with Crippen molar-refractivity contribution in [2.45, 2.75) is 50.7 Å². The van der Waals surface area contributed by atoms with Crippen molar-refractivity contribution in [2.75, 3.05) is 7.11 Å². The van der Waals surface area contributed by atoms with Crippen LogP contribution in [0.3, 0.4) is 0 Å². The summed E-state index contributed by atoms with van der Waals surface area (Å²) in [6.45, 7) is 2.06. The molecule has 1 aromatic carbocycles. The Bertz CT molecular complexity index is 790. The van der Waals surface area contributed by atoms with E-state index < -0.39 is 0 Å². The molecule has 25 heavy (non-hydrogen) atoms. The lowest BCUT2D eigenvalue weighted by Gasteiger charge is -2.39. The number of rotatable bonds is 3. The van der Waals surface area contributed by atoms with Crippen molar-refractivity contribution in [3.05, 3.63) is 46.7 Å². The van der Waals surface area contributed by atoms with Gasteiger partial charge in [-0.2, -0.15) is 5.10 Å². The maximum absolute atomic E-state index is 13.2. The Balaban J connectivity index is 1.59. The smallest absolute Gasteiger partial charge is 0.258 e. The normalized spacial score (nSPS) is 25.2. The number of benzene rings is 1. The Morgan fingerprint density at radius 3 is 2.56 bits per heavy atom. The molecule has 2 aliphatic rings. The van der Waals surface area contributed by atoms with Crippen molar-refractivity contribution in [3.63, 3.8) is 0 Å². The van der Waals surface area contributed by atoms with Gasteiger partial charge in [-0.3, -0.25) is 9.48 Å². The second-order valence-corrected chi connectivity index (χ2v) is 7.50. The third-order valence-electron chi connectivity index (χ3n) is 5.44. The van der Waals surface area contributed by atoms with E-state index in [9.17, 15) is 4.79 Å². The average molecular weight is 360 g/mol. The molecule has 0 saturated carbocycles. The number of amides is 1. The molecule has 2 fully saturated rings. The van der Waals surface area contributed by atoms with Crippen LogP contribution in [-0.4, -0.2) is 39.8 Å². The van der Waals surface area contributed by atoms with Crippen LogP contribution in [-0.2, 0) is 0 Å². The third kappa shape index (κ3) is 2.91. The zero-order chi connectivity index (χ0) is 17.6. The zero-order valence-corrected chi connectivity index (χ0v) is 15.2. The molecule has 0 N–H and O–H groups in total. The van der Waals surface area contributed by atoms with E-state index in [0.717, 1.165) is 25.7 Å². The summed E-state index contributed by atoms with van der Waals surface area (Å²) in [6, 6.07) is 6.10. The summed E-state index contributed by atoms with van der Waals surface area (Å²) in [5, 5.41) is 5.03. The number of halogens is 1. The van der Waals surface area contributed by atoms with Crippen LogP contribution < -0.4 is 4.74 Å². The highest BCUT2D eigenvalue weighted by atomic mass is 35.5. The Hall–Kier alpha value is -2.01. The number of carbonyl (C=O) groups excluding carboxylic acids is 1. The molecule has 2 saturated heterocycles. The summed E-state index contributed by atoms with van der Waals surface area (Å²) >= 11 is 6.11. The summed E-state index contributed by atoms with van der Waals surface area (Å²) in [7, 11) is 1.58. The number of hydrogen-bond donors (Lipinski definition) is 0. The van der Waals surface area contributed by atoms with Gasteiger partial charge in [0.1, 0.15) is 5.75 Å². The lowest BCUT2D eigenvalue weighted by molar-refractivity contribution is 0.0521. The first-order valence-electron chi connectivity index (χ1n) is 8.73. The van der Waals surface area contributed by atoms with Gasteiger partial charge < -0.3 is 9.64 Å². The van der Waals surface area contributed by atoms with Crippen LogP contribution in [0.1, 0.15) is 47.6 Å². The topological polar surface area (TPSA) is 47.4 Å². The molecule has 2 aromatic rings. The van der Waals surface area contributed by atoms with Gasteiger partial charge in [0, 0.05) is 23.3 Å². The van der Waals surface area contributed by atoms with E-state index in [1.165, 1.54) is 5.56 Å². The predicted molar refractivity (Wildman–Crippen MR) is 96.2 cm³/mol. The highest BCUT2D eigenvalue weighted by molar-refractivity contribution is 6.31. The van der Waals surface area contributed by atoms with Crippen LogP contribution in [0, 0.1) is 6.92 Å². The van der Waals surface area contributed by atoms with Crippen molar-refractivity contribution in [1.82, 2.24) is 14.7 Å². The fourth-order valence-corrected chi connectivity index (χ4v) is 4.49. The van der Waals surface area contributed by atoms with Gasteiger partial charge in [-0.05, 0) is 56.4 Å². The molecule has 3 heterocycles. The molecule has 1 aromatic heterocycles. The number of hydrogen-bond acceptors (Lipinski definition) is 3. The minimum absolute atomic E-state index is 0.0296. The quantitative estimate of drug-likeness (QED) is 0.836. The van der Waals surface area contributed by atoms with E-state index in [1.54, 1.807) is 25.3 Å². The molecule has 2 unspecified atom stereocenters. The van der Waals surface area contributed by atoms with Gasteiger partial charge >= 0.3 is 0 Å². The van der Waals surface area contributed by atoms with Gasteiger partial charge in [-0.15, -0.1) is 0 Å². The first-order valence-corrected chi connectivity index (χ1v) is 9.11. The molecule has 5 nitrogen and oxygen atoms in total. The van der Waals surface area contributed by atoms with Gasteiger partial charge in [0.05, 0.1) is 24.9 Å². The van der Waals surface area contributed by atoms with E-state index in [2.05, 4.69) is 27.8 Å². The maximum atomic E-state index is 13.2. The second-order valence-electron chi connectivity index (χ2n) is 7.06. The minimum Gasteiger partial charge on any atom is -0.496 e. The van der Waals surface area contributed by atoms with Crippen molar-refractivity contribution >= 4 is 17.5 Å². The number of methoxy groups -OCH3 is 1. The number of nitrogens with zero attached hydrogens (tertiary/aromatic N) is 3. The van der Waals surface area contributed by atoms with Crippen LogP contribution in [0.2, 0.25) is 5.02 Å². The molecule has 0 spiro atoms. The molecule has 2 aliphatic heterocycles. The summed E-state index contributed by atoms with van der Waals surface area (Å²) < 4.78 is 7.45. The number of carbonyl (C=O) groups is 1. The van der Waals surface area contributed by atoms with Crippen molar-refractivity contribution in [2.24, 2.45) is 0 Å². The Labute approximate surface area is 152 Å². The lowest BCUT2D eigenvalue weighted by Crippen LogP contribution is -2.47. The van der Waals surface area contributed by atoms with Crippen molar-refractivity contribution < 1.29 is 9.53 Å². The number of piperidine rings is 1.